The lowest BCUT2D eigenvalue weighted by Crippen LogP contribution is -2.33. The van der Waals surface area contributed by atoms with E-state index < -0.39 is 20.0 Å². The quantitative estimate of drug-likeness (QED) is 0.704. The van der Waals surface area contributed by atoms with Crippen molar-refractivity contribution in [3.8, 4) is 0 Å². The molecule has 1 aliphatic rings. The van der Waals surface area contributed by atoms with Gasteiger partial charge >= 0.3 is 0 Å². The highest BCUT2D eigenvalue weighted by atomic mass is 32.2. The molecule has 8 nitrogen and oxygen atoms in total. The summed E-state index contributed by atoms with van der Waals surface area (Å²) in [6.07, 6.45) is 0.590. The highest BCUT2D eigenvalue weighted by Crippen LogP contribution is 2.30. The Hall–Kier alpha value is -1.49. The van der Waals surface area contributed by atoms with Gasteiger partial charge in [-0.3, -0.25) is 4.79 Å². The van der Waals surface area contributed by atoms with Gasteiger partial charge in [0.15, 0.2) is 0 Å². The van der Waals surface area contributed by atoms with Crippen LogP contribution in [-0.2, 0) is 31.3 Å². The van der Waals surface area contributed by atoms with Crippen LogP contribution in [0.25, 0.3) is 0 Å². The summed E-state index contributed by atoms with van der Waals surface area (Å²) in [5, 5.41) is 0. The molecule has 128 valence electrons. The van der Waals surface area contributed by atoms with Crippen LogP contribution in [0.5, 0.6) is 0 Å². The van der Waals surface area contributed by atoms with Crippen molar-refractivity contribution in [1.82, 2.24) is 9.44 Å². The Bertz CT molecular complexity index is 818. The summed E-state index contributed by atoms with van der Waals surface area (Å²) in [7, 11) is -6.00. The molecular formula is C13H19N3O5S2. The normalized spacial score (nSPS) is 14.8. The van der Waals surface area contributed by atoms with E-state index in [1.807, 2.05) is 0 Å². The molecule has 2 N–H and O–H groups in total. The lowest BCUT2D eigenvalue weighted by molar-refractivity contribution is -0.116. The highest BCUT2D eigenvalue weighted by Gasteiger charge is 2.24. The first-order valence-corrected chi connectivity index (χ1v) is 10.1. The Balaban J connectivity index is 2.14. The summed E-state index contributed by atoms with van der Waals surface area (Å²) >= 11 is 0. The summed E-state index contributed by atoms with van der Waals surface area (Å²) in [4.78, 5) is 13.1. The number of amides is 1. The molecule has 1 aromatic rings. The fraction of sp³-hybridized carbons (Fsp3) is 0.462. The average Bonchev–Trinajstić information content (AvgIpc) is 2.90. The SMILES string of the molecule is CNS(=O)(=O)CCNS(=O)(=O)c1ccc2c(c1)CCN2C(C)=O. The maximum atomic E-state index is 12.2. The Morgan fingerprint density at radius 2 is 1.96 bits per heavy atom. The van der Waals surface area contributed by atoms with E-state index in [1.54, 1.807) is 11.0 Å². The van der Waals surface area contributed by atoms with Crippen LogP contribution in [0, 0.1) is 0 Å². The molecule has 0 aliphatic carbocycles. The van der Waals surface area contributed by atoms with Crippen molar-refractivity contribution in [1.29, 1.82) is 0 Å². The largest absolute Gasteiger partial charge is 0.312 e. The number of nitrogens with one attached hydrogen (secondary N) is 2. The predicted molar refractivity (Wildman–Crippen MR) is 86.2 cm³/mol. The lowest BCUT2D eigenvalue weighted by Gasteiger charge is -2.15. The molecule has 0 aromatic heterocycles. The smallest absolute Gasteiger partial charge is 0.240 e. The topological polar surface area (TPSA) is 113 Å². The summed E-state index contributed by atoms with van der Waals surface area (Å²) in [5.41, 5.74) is 1.50. The van der Waals surface area contributed by atoms with Crippen molar-refractivity contribution in [2.45, 2.75) is 18.2 Å². The zero-order valence-corrected chi connectivity index (χ0v) is 14.5. The molecule has 0 radical (unpaired) electrons. The zero-order chi connectivity index (χ0) is 17.3. The maximum Gasteiger partial charge on any atom is 0.240 e. The molecule has 0 bridgehead atoms. The second-order valence-corrected chi connectivity index (χ2v) is 8.94. The van der Waals surface area contributed by atoms with Gasteiger partial charge in [-0.2, -0.15) is 0 Å². The molecule has 2 rings (SSSR count). The maximum absolute atomic E-state index is 12.2. The average molecular weight is 361 g/mol. The van der Waals surface area contributed by atoms with Crippen molar-refractivity contribution in [3.05, 3.63) is 23.8 Å². The molecule has 1 aliphatic heterocycles. The van der Waals surface area contributed by atoms with Crippen LogP contribution < -0.4 is 14.3 Å². The van der Waals surface area contributed by atoms with E-state index >= 15 is 0 Å². The number of benzene rings is 1. The van der Waals surface area contributed by atoms with Crippen LogP contribution in [-0.4, -0.2) is 48.6 Å². The first-order chi connectivity index (χ1) is 10.7. The molecule has 0 saturated heterocycles. The Morgan fingerprint density at radius 1 is 1.26 bits per heavy atom. The van der Waals surface area contributed by atoms with Crippen molar-refractivity contribution < 1.29 is 21.6 Å². The number of nitrogens with zero attached hydrogens (tertiary/aromatic N) is 1. The monoisotopic (exact) mass is 361 g/mol. The van der Waals surface area contributed by atoms with Crippen LogP contribution >= 0.6 is 0 Å². The first kappa shape index (κ1) is 17.9. The van der Waals surface area contributed by atoms with Crippen LogP contribution in [0.2, 0.25) is 0 Å². The second kappa shape index (κ2) is 6.56. The van der Waals surface area contributed by atoms with E-state index in [4.69, 9.17) is 0 Å². The fourth-order valence-electron chi connectivity index (χ4n) is 2.37. The third-order valence-electron chi connectivity index (χ3n) is 3.61. The van der Waals surface area contributed by atoms with E-state index in [9.17, 15) is 21.6 Å². The number of carbonyl (C=O) groups excluding carboxylic acids is 1. The van der Waals surface area contributed by atoms with Gasteiger partial charge in [0.2, 0.25) is 26.0 Å². The number of rotatable bonds is 6. The van der Waals surface area contributed by atoms with Crippen molar-refractivity contribution in [3.63, 3.8) is 0 Å². The van der Waals surface area contributed by atoms with Gasteiger partial charge in [-0.15, -0.1) is 0 Å². The third kappa shape index (κ3) is 4.08. The third-order valence-corrected chi connectivity index (χ3v) is 6.43. The zero-order valence-electron chi connectivity index (χ0n) is 12.9. The number of hydrogen-bond acceptors (Lipinski definition) is 5. The summed E-state index contributed by atoms with van der Waals surface area (Å²) < 4.78 is 51.4. The molecule has 1 amide bonds. The van der Waals surface area contributed by atoms with Crippen LogP contribution in [0.4, 0.5) is 5.69 Å². The lowest BCUT2D eigenvalue weighted by atomic mass is 10.2. The van der Waals surface area contributed by atoms with Crippen LogP contribution in [0.1, 0.15) is 12.5 Å². The van der Waals surface area contributed by atoms with Gasteiger partial charge in [-0.25, -0.2) is 26.3 Å². The van der Waals surface area contributed by atoms with Gasteiger partial charge in [-0.1, -0.05) is 0 Å². The van der Waals surface area contributed by atoms with E-state index in [1.165, 1.54) is 26.1 Å². The van der Waals surface area contributed by atoms with Gasteiger partial charge in [0.25, 0.3) is 0 Å². The second-order valence-electron chi connectivity index (χ2n) is 5.13. The van der Waals surface area contributed by atoms with E-state index in [0.29, 0.717) is 18.7 Å². The highest BCUT2D eigenvalue weighted by molar-refractivity contribution is 7.90. The minimum atomic E-state index is -3.80. The number of hydrogen-bond donors (Lipinski definition) is 2. The van der Waals surface area contributed by atoms with Gasteiger partial charge in [0.1, 0.15) is 0 Å². The summed E-state index contributed by atoms with van der Waals surface area (Å²) in [6.45, 7) is 1.77. The molecular weight excluding hydrogens is 342 g/mol. The van der Waals surface area contributed by atoms with Gasteiger partial charge in [0, 0.05) is 25.7 Å². The molecule has 0 unspecified atom stereocenters. The first-order valence-electron chi connectivity index (χ1n) is 6.98. The number of anilines is 1. The fourth-order valence-corrected chi connectivity index (χ4v) is 4.15. The predicted octanol–water partition coefficient (Wildman–Crippen LogP) is -0.577. The molecule has 1 heterocycles. The summed E-state index contributed by atoms with van der Waals surface area (Å²) in [5.74, 6) is -0.430. The van der Waals surface area contributed by atoms with Crippen molar-refractivity contribution >= 4 is 31.6 Å². The van der Waals surface area contributed by atoms with Crippen molar-refractivity contribution in [2.75, 3.05) is 30.8 Å². The number of carbonyl (C=O) groups is 1. The molecule has 10 heteroatoms. The van der Waals surface area contributed by atoms with Gasteiger partial charge in [-0.05, 0) is 37.2 Å². The molecule has 1 aromatic carbocycles. The van der Waals surface area contributed by atoms with E-state index in [0.717, 1.165) is 5.56 Å². The van der Waals surface area contributed by atoms with E-state index in [2.05, 4.69) is 9.44 Å². The summed E-state index contributed by atoms with van der Waals surface area (Å²) in [6, 6.07) is 4.53. The van der Waals surface area contributed by atoms with Gasteiger partial charge in [0.05, 0.1) is 10.6 Å². The molecule has 0 spiro atoms. The van der Waals surface area contributed by atoms with Crippen LogP contribution in [0.3, 0.4) is 0 Å². The Morgan fingerprint density at radius 3 is 2.57 bits per heavy atom. The molecule has 0 saturated carbocycles. The number of sulfonamides is 2. The Labute approximate surface area is 136 Å². The standard InChI is InChI=1S/C13H19N3O5S2/c1-10(17)16-7-5-11-9-12(3-4-13(11)16)23(20,21)15-6-8-22(18,19)14-2/h3-4,9,14-15H,5-8H2,1-2H3. The Kier molecular flexibility index (Phi) is 5.09. The minimum absolute atomic E-state index is 0.0588. The van der Waals surface area contributed by atoms with E-state index in [-0.39, 0.29) is 23.1 Å². The molecule has 0 atom stereocenters. The van der Waals surface area contributed by atoms with Gasteiger partial charge < -0.3 is 4.90 Å². The molecule has 23 heavy (non-hydrogen) atoms. The number of fused-ring (bicyclic) bond motifs is 1. The minimum Gasteiger partial charge on any atom is -0.312 e. The van der Waals surface area contributed by atoms with Crippen molar-refractivity contribution in [2.24, 2.45) is 0 Å². The van der Waals surface area contributed by atoms with Crippen LogP contribution in [0.15, 0.2) is 23.1 Å². The molecule has 0 fully saturated rings.